The van der Waals surface area contributed by atoms with E-state index in [0.29, 0.717) is 18.0 Å². The Kier molecular flexibility index (Phi) is 5.53. The van der Waals surface area contributed by atoms with E-state index in [1.54, 1.807) is 4.68 Å². The first-order valence-corrected chi connectivity index (χ1v) is 10.1. The van der Waals surface area contributed by atoms with Crippen molar-refractivity contribution in [3.05, 3.63) is 76.6 Å². The summed E-state index contributed by atoms with van der Waals surface area (Å²) < 4.78 is 34.0. The zero-order valence-corrected chi connectivity index (χ0v) is 16.9. The molecule has 0 bridgehead atoms. The van der Waals surface area contributed by atoms with Gasteiger partial charge in [0.05, 0.1) is 18.3 Å². The molecule has 0 aliphatic heterocycles. The largest absolute Gasteiger partial charge is 0.494 e. The van der Waals surface area contributed by atoms with Crippen molar-refractivity contribution in [2.75, 3.05) is 6.61 Å². The summed E-state index contributed by atoms with van der Waals surface area (Å²) in [4.78, 5) is 13.0. The van der Waals surface area contributed by atoms with Gasteiger partial charge in [0, 0.05) is 17.3 Å². The third-order valence-corrected chi connectivity index (χ3v) is 5.33. The summed E-state index contributed by atoms with van der Waals surface area (Å²) in [5.74, 6) is -1.35. The number of amides is 1. The minimum absolute atomic E-state index is 0.223. The third-order valence-electron chi connectivity index (χ3n) is 5.33. The van der Waals surface area contributed by atoms with Crippen molar-refractivity contribution in [1.29, 1.82) is 0 Å². The number of hydrogen-bond donors (Lipinski definition) is 1. The van der Waals surface area contributed by atoms with Crippen LogP contribution in [0.4, 0.5) is 8.78 Å². The molecule has 0 fully saturated rings. The number of hydrogen-bond acceptors (Lipinski definition) is 3. The van der Waals surface area contributed by atoms with Gasteiger partial charge in [-0.1, -0.05) is 12.1 Å². The van der Waals surface area contributed by atoms with Crippen molar-refractivity contribution in [3.63, 3.8) is 0 Å². The second kappa shape index (κ2) is 8.26. The van der Waals surface area contributed by atoms with Crippen LogP contribution in [0.5, 0.6) is 5.75 Å². The molecule has 4 rings (SSSR count). The van der Waals surface area contributed by atoms with E-state index in [1.165, 1.54) is 6.07 Å². The van der Waals surface area contributed by atoms with Crippen LogP contribution < -0.4 is 10.1 Å². The first kappa shape index (κ1) is 20.1. The number of nitrogens with zero attached hydrogens (tertiary/aromatic N) is 2. The van der Waals surface area contributed by atoms with Crippen molar-refractivity contribution < 1.29 is 18.3 Å². The van der Waals surface area contributed by atoms with E-state index in [2.05, 4.69) is 10.4 Å². The Morgan fingerprint density at radius 2 is 1.93 bits per heavy atom. The van der Waals surface area contributed by atoms with Crippen LogP contribution in [0.15, 0.2) is 42.5 Å². The van der Waals surface area contributed by atoms with Crippen molar-refractivity contribution in [1.82, 2.24) is 15.1 Å². The highest BCUT2D eigenvalue weighted by atomic mass is 19.2. The van der Waals surface area contributed by atoms with Crippen LogP contribution in [0, 0.1) is 11.6 Å². The highest BCUT2D eigenvalue weighted by Gasteiger charge is 2.28. The maximum absolute atomic E-state index is 13.7. The van der Waals surface area contributed by atoms with Gasteiger partial charge in [0.1, 0.15) is 5.75 Å². The number of aromatic nitrogens is 2. The molecule has 0 saturated heterocycles. The van der Waals surface area contributed by atoms with E-state index in [4.69, 9.17) is 4.74 Å². The molecule has 30 heavy (non-hydrogen) atoms. The van der Waals surface area contributed by atoms with Crippen molar-refractivity contribution in [2.24, 2.45) is 0 Å². The molecule has 7 heteroatoms. The van der Waals surface area contributed by atoms with Crippen molar-refractivity contribution in [2.45, 2.75) is 39.2 Å². The van der Waals surface area contributed by atoms with Crippen LogP contribution in [0.3, 0.4) is 0 Å². The van der Waals surface area contributed by atoms with Crippen molar-refractivity contribution in [3.8, 4) is 11.4 Å². The van der Waals surface area contributed by atoms with Gasteiger partial charge >= 0.3 is 0 Å². The Bertz CT molecular complexity index is 1080. The quantitative estimate of drug-likeness (QED) is 0.649. The standard InChI is InChI=1S/C23H23F2N3O2/c1-3-30-17-10-7-15(8-11-17)14(2)26-23(29)22-18-5-4-6-21(18)28(27-22)16-9-12-19(24)20(25)13-16/h7-14H,3-6H2,1-2H3,(H,26,29). The average molecular weight is 411 g/mol. The van der Waals surface area contributed by atoms with E-state index >= 15 is 0 Å². The summed E-state index contributed by atoms with van der Waals surface area (Å²) in [5, 5.41) is 7.44. The van der Waals surface area contributed by atoms with Gasteiger partial charge in [-0.25, -0.2) is 13.5 Å². The summed E-state index contributed by atoms with van der Waals surface area (Å²) in [6, 6.07) is 11.0. The summed E-state index contributed by atoms with van der Waals surface area (Å²) >= 11 is 0. The monoisotopic (exact) mass is 411 g/mol. The third kappa shape index (κ3) is 3.79. The lowest BCUT2D eigenvalue weighted by molar-refractivity contribution is 0.0933. The zero-order chi connectivity index (χ0) is 21.3. The van der Waals surface area contributed by atoms with Crippen LogP contribution in [0.25, 0.3) is 5.69 Å². The second-order valence-electron chi connectivity index (χ2n) is 7.33. The molecule has 2 aromatic carbocycles. The molecule has 1 amide bonds. The Hall–Kier alpha value is -3.22. The van der Waals surface area contributed by atoms with Gasteiger partial charge in [0.2, 0.25) is 0 Å². The van der Waals surface area contributed by atoms with Gasteiger partial charge in [0.25, 0.3) is 5.91 Å². The number of benzene rings is 2. The molecule has 0 radical (unpaired) electrons. The summed E-state index contributed by atoms with van der Waals surface area (Å²) in [6.07, 6.45) is 2.37. The SMILES string of the molecule is CCOc1ccc(C(C)NC(=O)c2nn(-c3ccc(F)c(F)c3)c3c2CCC3)cc1. The minimum atomic E-state index is -0.940. The number of nitrogens with one attached hydrogen (secondary N) is 1. The number of rotatable bonds is 6. The molecule has 5 nitrogen and oxygen atoms in total. The number of carbonyl (C=O) groups excluding carboxylic acids is 1. The summed E-state index contributed by atoms with van der Waals surface area (Å²) in [6.45, 7) is 4.42. The highest BCUT2D eigenvalue weighted by Crippen LogP contribution is 2.29. The number of carbonyl (C=O) groups is 1. The molecular formula is C23H23F2N3O2. The fraction of sp³-hybridized carbons (Fsp3) is 0.304. The lowest BCUT2D eigenvalue weighted by atomic mass is 10.1. The van der Waals surface area contributed by atoms with E-state index < -0.39 is 11.6 Å². The molecule has 1 aromatic heterocycles. The van der Waals surface area contributed by atoms with Crippen LogP contribution in [-0.2, 0) is 12.8 Å². The first-order valence-electron chi connectivity index (χ1n) is 10.1. The number of ether oxygens (including phenoxy) is 1. The van der Waals surface area contributed by atoms with Crippen LogP contribution in [0.1, 0.15) is 53.6 Å². The smallest absolute Gasteiger partial charge is 0.272 e. The van der Waals surface area contributed by atoms with Crippen LogP contribution in [-0.4, -0.2) is 22.3 Å². The maximum Gasteiger partial charge on any atom is 0.272 e. The number of fused-ring (bicyclic) bond motifs is 1. The van der Waals surface area contributed by atoms with Gasteiger partial charge in [-0.3, -0.25) is 4.79 Å². The van der Waals surface area contributed by atoms with Crippen LogP contribution in [0.2, 0.25) is 0 Å². The fourth-order valence-electron chi connectivity index (χ4n) is 3.82. The average Bonchev–Trinajstić information content (AvgIpc) is 3.33. The van der Waals surface area contributed by atoms with Crippen molar-refractivity contribution >= 4 is 5.91 Å². The molecule has 1 heterocycles. The first-order chi connectivity index (χ1) is 14.5. The Labute approximate surface area is 173 Å². The minimum Gasteiger partial charge on any atom is -0.494 e. The Morgan fingerprint density at radius 1 is 1.17 bits per heavy atom. The lowest BCUT2D eigenvalue weighted by Crippen LogP contribution is -2.28. The topological polar surface area (TPSA) is 56.1 Å². The van der Waals surface area contributed by atoms with Gasteiger partial charge in [0.15, 0.2) is 17.3 Å². The van der Waals surface area contributed by atoms with Gasteiger partial charge in [-0.15, -0.1) is 0 Å². The van der Waals surface area contributed by atoms with E-state index in [0.717, 1.165) is 54.0 Å². The van der Waals surface area contributed by atoms with Gasteiger partial charge in [-0.2, -0.15) is 5.10 Å². The molecular weight excluding hydrogens is 388 g/mol. The predicted molar refractivity (Wildman–Crippen MR) is 109 cm³/mol. The lowest BCUT2D eigenvalue weighted by Gasteiger charge is -2.14. The second-order valence-corrected chi connectivity index (χ2v) is 7.33. The van der Waals surface area contributed by atoms with Gasteiger partial charge in [-0.05, 0) is 62.9 Å². The van der Waals surface area contributed by atoms with E-state index in [-0.39, 0.29) is 11.9 Å². The molecule has 3 aromatic rings. The molecule has 156 valence electrons. The highest BCUT2D eigenvalue weighted by molar-refractivity contribution is 5.94. The van der Waals surface area contributed by atoms with Gasteiger partial charge < -0.3 is 10.1 Å². The van der Waals surface area contributed by atoms with E-state index in [1.807, 2.05) is 38.1 Å². The predicted octanol–water partition coefficient (Wildman–Crippen LogP) is 4.53. The molecule has 1 aliphatic carbocycles. The normalized spacial score (nSPS) is 13.7. The zero-order valence-electron chi connectivity index (χ0n) is 16.9. The Morgan fingerprint density at radius 3 is 2.63 bits per heavy atom. The van der Waals surface area contributed by atoms with E-state index in [9.17, 15) is 13.6 Å². The maximum atomic E-state index is 13.7. The molecule has 0 saturated carbocycles. The summed E-state index contributed by atoms with van der Waals surface area (Å²) in [7, 11) is 0. The Balaban J connectivity index is 1.58. The summed E-state index contributed by atoms with van der Waals surface area (Å²) in [5.41, 5.74) is 3.44. The fourth-order valence-corrected chi connectivity index (χ4v) is 3.82. The number of halogens is 2. The molecule has 1 atom stereocenters. The molecule has 1 unspecified atom stereocenters. The molecule has 1 N–H and O–H groups in total. The van der Waals surface area contributed by atoms with Crippen LogP contribution >= 0.6 is 0 Å². The molecule has 1 aliphatic rings. The molecule has 0 spiro atoms.